The molecule has 2 rings (SSSR count). The van der Waals surface area contributed by atoms with E-state index >= 15 is 0 Å². The van der Waals surface area contributed by atoms with Crippen molar-refractivity contribution < 1.29 is 24.6 Å². The second kappa shape index (κ2) is 8.20. The number of nitrogens with zero attached hydrogens (tertiary/aromatic N) is 3. The fourth-order valence-corrected chi connectivity index (χ4v) is 2.17. The fourth-order valence-electron chi connectivity index (χ4n) is 2.17. The van der Waals surface area contributed by atoms with Crippen LogP contribution in [0.2, 0.25) is 0 Å². The first-order valence-electron chi connectivity index (χ1n) is 9.23. The van der Waals surface area contributed by atoms with Gasteiger partial charge in [-0.15, -0.1) is 5.10 Å². The molecule has 0 fully saturated rings. The molecule has 0 aliphatic carbocycles. The van der Waals surface area contributed by atoms with Crippen LogP contribution in [0.25, 0.3) is 0 Å². The first-order chi connectivity index (χ1) is 12.8. The van der Waals surface area contributed by atoms with Crippen LogP contribution in [-0.2, 0) is 16.8 Å². The van der Waals surface area contributed by atoms with Crippen molar-refractivity contribution >= 4 is 12.6 Å². The Morgan fingerprint density at radius 3 is 2.14 bits per heavy atom. The smallest absolute Gasteiger partial charge is 0.491 e. The van der Waals surface area contributed by atoms with E-state index in [4.69, 9.17) is 9.39 Å². The number of rotatable bonds is 9. The molecule has 3 N–H and O–H groups in total. The lowest BCUT2D eigenvalue weighted by atomic mass is 9.76. The second-order valence-corrected chi connectivity index (χ2v) is 8.38. The summed E-state index contributed by atoms with van der Waals surface area (Å²) in [5, 5.41) is 38.2. The minimum absolute atomic E-state index is 0.374. The van der Waals surface area contributed by atoms with Crippen LogP contribution in [0.5, 0.6) is 5.75 Å². The normalized spacial score (nSPS) is 12.9. The van der Waals surface area contributed by atoms with E-state index in [2.05, 4.69) is 10.3 Å². The molecular weight excluding hydrogens is 361 g/mol. The number of hydrogen-bond acceptors (Lipinski definition) is 7. The van der Waals surface area contributed by atoms with Gasteiger partial charge in [-0.2, -0.15) is 0 Å². The molecule has 8 nitrogen and oxygen atoms in total. The molecule has 1 aromatic heterocycles. The summed E-state index contributed by atoms with van der Waals surface area (Å²) < 4.78 is 12.9. The van der Waals surface area contributed by atoms with Gasteiger partial charge >= 0.3 is 7.12 Å². The standard InChI is InChI=1S/C19H30BN3O5/c1-17(2,24)16-13-23(22-21-16)11-12-27-15-9-7-14(8-10-15)20(26)28-19(5,6)18(3,4)25/h7-10,13,24-26H,11-12H2,1-6H3. The van der Waals surface area contributed by atoms with Gasteiger partial charge in [0.05, 0.1) is 23.9 Å². The lowest BCUT2D eigenvalue weighted by molar-refractivity contribution is -0.0982. The zero-order valence-corrected chi connectivity index (χ0v) is 17.4. The van der Waals surface area contributed by atoms with Gasteiger partial charge in [0.25, 0.3) is 0 Å². The van der Waals surface area contributed by atoms with Crippen molar-refractivity contribution in [2.24, 2.45) is 0 Å². The molecule has 0 amide bonds. The third-order valence-electron chi connectivity index (χ3n) is 4.80. The predicted molar refractivity (Wildman–Crippen MR) is 106 cm³/mol. The Labute approximate surface area is 166 Å². The number of aromatic nitrogens is 3. The lowest BCUT2D eigenvalue weighted by Gasteiger charge is -2.38. The number of hydrogen-bond donors (Lipinski definition) is 3. The monoisotopic (exact) mass is 391 g/mol. The highest BCUT2D eigenvalue weighted by atomic mass is 16.5. The predicted octanol–water partition coefficient (Wildman–Crippen LogP) is 0.838. The molecule has 0 saturated heterocycles. The van der Waals surface area contributed by atoms with Crippen molar-refractivity contribution in [3.63, 3.8) is 0 Å². The van der Waals surface area contributed by atoms with Gasteiger partial charge < -0.3 is 24.6 Å². The van der Waals surface area contributed by atoms with Gasteiger partial charge in [0.2, 0.25) is 0 Å². The summed E-state index contributed by atoms with van der Waals surface area (Å²) >= 11 is 0. The van der Waals surface area contributed by atoms with Gasteiger partial charge in [0, 0.05) is 0 Å². The lowest BCUT2D eigenvalue weighted by Crippen LogP contribution is -2.53. The highest BCUT2D eigenvalue weighted by molar-refractivity contribution is 6.60. The Kier molecular flexibility index (Phi) is 6.55. The zero-order chi connectivity index (χ0) is 21.2. The molecule has 9 heteroatoms. The SMILES string of the molecule is CC(C)(O)c1cn(CCOc2ccc(B(O)OC(C)(C)C(C)(C)O)cc2)nn1. The van der Waals surface area contributed by atoms with E-state index in [0.29, 0.717) is 30.1 Å². The van der Waals surface area contributed by atoms with Crippen molar-refractivity contribution in [2.75, 3.05) is 6.61 Å². The van der Waals surface area contributed by atoms with Crippen molar-refractivity contribution in [1.82, 2.24) is 15.0 Å². The van der Waals surface area contributed by atoms with Crippen molar-refractivity contribution in [2.45, 2.75) is 64.9 Å². The Balaban J connectivity index is 1.88. The molecule has 28 heavy (non-hydrogen) atoms. The molecule has 0 saturated carbocycles. The Morgan fingerprint density at radius 2 is 1.64 bits per heavy atom. The maximum atomic E-state index is 10.3. The average Bonchev–Trinajstić information content (AvgIpc) is 3.03. The van der Waals surface area contributed by atoms with Gasteiger partial charge in [0.15, 0.2) is 0 Å². The van der Waals surface area contributed by atoms with E-state index in [1.165, 1.54) is 0 Å². The molecule has 154 valence electrons. The van der Waals surface area contributed by atoms with Gasteiger partial charge in [-0.05, 0) is 59.1 Å². The summed E-state index contributed by atoms with van der Waals surface area (Å²) in [5.41, 5.74) is -2.00. The first kappa shape index (κ1) is 22.4. The molecule has 0 aliphatic rings. The zero-order valence-electron chi connectivity index (χ0n) is 17.4. The van der Waals surface area contributed by atoms with E-state index in [1.807, 2.05) is 0 Å². The first-order valence-corrected chi connectivity index (χ1v) is 9.23. The van der Waals surface area contributed by atoms with E-state index in [-0.39, 0.29) is 0 Å². The van der Waals surface area contributed by atoms with Crippen LogP contribution in [0.1, 0.15) is 47.2 Å². The maximum Gasteiger partial charge on any atom is 0.491 e. The number of ether oxygens (including phenoxy) is 1. The van der Waals surface area contributed by atoms with Gasteiger partial charge in [0.1, 0.15) is 23.7 Å². The number of benzene rings is 1. The molecule has 1 heterocycles. The fraction of sp³-hybridized carbons (Fsp3) is 0.579. The largest absolute Gasteiger partial charge is 0.492 e. The minimum atomic E-state index is -1.16. The summed E-state index contributed by atoms with van der Waals surface area (Å²) in [6.45, 7) is 10.9. The van der Waals surface area contributed by atoms with E-state index < -0.39 is 23.9 Å². The summed E-state index contributed by atoms with van der Waals surface area (Å²) in [7, 11) is -1.16. The second-order valence-electron chi connectivity index (χ2n) is 8.38. The molecular formula is C19H30BN3O5. The van der Waals surface area contributed by atoms with Crippen LogP contribution in [-0.4, -0.2) is 55.2 Å². The summed E-state index contributed by atoms with van der Waals surface area (Å²) in [5.74, 6) is 0.639. The van der Waals surface area contributed by atoms with Gasteiger partial charge in [-0.3, -0.25) is 0 Å². The highest BCUT2D eigenvalue weighted by Gasteiger charge is 2.39. The van der Waals surface area contributed by atoms with Crippen LogP contribution in [0, 0.1) is 0 Å². The summed E-state index contributed by atoms with van der Waals surface area (Å²) in [6.07, 6.45) is 1.69. The van der Waals surface area contributed by atoms with Crippen LogP contribution in [0.4, 0.5) is 0 Å². The molecule has 0 aliphatic heterocycles. The summed E-state index contributed by atoms with van der Waals surface area (Å²) in [4.78, 5) is 0. The third kappa shape index (κ3) is 5.78. The van der Waals surface area contributed by atoms with Crippen molar-refractivity contribution in [3.05, 3.63) is 36.2 Å². The van der Waals surface area contributed by atoms with E-state index in [1.54, 1.807) is 76.7 Å². The van der Waals surface area contributed by atoms with E-state index in [0.717, 1.165) is 0 Å². The quantitative estimate of drug-likeness (QED) is 0.544. The van der Waals surface area contributed by atoms with E-state index in [9.17, 15) is 15.2 Å². The molecule has 0 bridgehead atoms. The molecule has 0 unspecified atom stereocenters. The van der Waals surface area contributed by atoms with Gasteiger partial charge in [-0.1, -0.05) is 17.3 Å². The van der Waals surface area contributed by atoms with Crippen LogP contribution >= 0.6 is 0 Å². The minimum Gasteiger partial charge on any atom is -0.492 e. The molecule has 1 aromatic carbocycles. The van der Waals surface area contributed by atoms with Crippen molar-refractivity contribution in [3.8, 4) is 5.75 Å². The Hall–Kier alpha value is -1.94. The molecule has 0 spiro atoms. The molecule has 0 radical (unpaired) electrons. The van der Waals surface area contributed by atoms with Crippen LogP contribution in [0.3, 0.4) is 0 Å². The van der Waals surface area contributed by atoms with Crippen LogP contribution < -0.4 is 10.2 Å². The number of aliphatic hydroxyl groups is 2. The maximum absolute atomic E-state index is 10.3. The van der Waals surface area contributed by atoms with Crippen LogP contribution in [0.15, 0.2) is 30.5 Å². The Morgan fingerprint density at radius 1 is 1.04 bits per heavy atom. The summed E-state index contributed by atoms with van der Waals surface area (Å²) in [6, 6.07) is 6.90. The molecule has 2 aromatic rings. The Bertz CT molecular complexity index is 763. The molecule has 0 atom stereocenters. The average molecular weight is 391 g/mol. The van der Waals surface area contributed by atoms with Crippen molar-refractivity contribution in [1.29, 1.82) is 0 Å². The third-order valence-corrected chi connectivity index (χ3v) is 4.80. The highest BCUT2D eigenvalue weighted by Crippen LogP contribution is 2.25. The van der Waals surface area contributed by atoms with Gasteiger partial charge in [-0.25, -0.2) is 4.68 Å². The topological polar surface area (TPSA) is 110 Å².